The van der Waals surface area contributed by atoms with E-state index in [1.165, 1.54) is 32.2 Å². The van der Waals surface area contributed by atoms with Crippen LogP contribution in [-0.4, -0.2) is 37.0 Å². The predicted molar refractivity (Wildman–Crippen MR) is 86.5 cm³/mol. The van der Waals surface area contributed by atoms with Gasteiger partial charge in [0.2, 0.25) is 11.8 Å². The highest BCUT2D eigenvalue weighted by molar-refractivity contribution is 5.90. The van der Waals surface area contributed by atoms with Crippen LogP contribution in [0.15, 0.2) is 24.3 Å². The molecule has 0 unspecified atom stereocenters. The highest BCUT2D eigenvalue weighted by atomic mass is 19.1. The molecule has 0 saturated carbocycles. The van der Waals surface area contributed by atoms with Crippen molar-refractivity contribution in [3.8, 4) is 0 Å². The van der Waals surface area contributed by atoms with Crippen LogP contribution < -0.4 is 10.6 Å². The minimum atomic E-state index is -0.973. The van der Waals surface area contributed by atoms with Gasteiger partial charge in [0, 0.05) is 13.3 Å². The fraction of sp³-hybridized carbons (Fsp3) is 0.471. The molecule has 6 nitrogen and oxygen atoms in total. The van der Waals surface area contributed by atoms with Crippen molar-refractivity contribution in [1.29, 1.82) is 0 Å². The second kappa shape index (κ2) is 9.00. The molecule has 0 aliphatic carbocycles. The molecule has 2 amide bonds. The minimum Gasteiger partial charge on any atom is -0.467 e. The van der Waals surface area contributed by atoms with Crippen LogP contribution in [0.1, 0.15) is 26.3 Å². The van der Waals surface area contributed by atoms with E-state index in [1.807, 2.05) is 0 Å². The van der Waals surface area contributed by atoms with Crippen molar-refractivity contribution in [1.82, 2.24) is 10.6 Å². The van der Waals surface area contributed by atoms with Crippen molar-refractivity contribution in [2.24, 2.45) is 5.92 Å². The van der Waals surface area contributed by atoms with Crippen molar-refractivity contribution in [2.45, 2.75) is 39.3 Å². The van der Waals surface area contributed by atoms with Crippen LogP contribution in [-0.2, 0) is 25.5 Å². The third-order valence-corrected chi connectivity index (χ3v) is 3.44. The fourth-order valence-corrected chi connectivity index (χ4v) is 2.25. The molecule has 1 aromatic rings. The summed E-state index contributed by atoms with van der Waals surface area (Å²) in [5, 5.41) is 5.12. The number of hydrogen-bond donors (Lipinski definition) is 2. The van der Waals surface area contributed by atoms with E-state index < -0.39 is 29.8 Å². The topological polar surface area (TPSA) is 84.5 Å². The van der Waals surface area contributed by atoms with Crippen molar-refractivity contribution < 1.29 is 23.5 Å². The lowest BCUT2D eigenvalue weighted by molar-refractivity contribution is -0.145. The van der Waals surface area contributed by atoms with Crippen molar-refractivity contribution in [2.75, 3.05) is 7.11 Å². The average molecular weight is 338 g/mol. The molecule has 1 rings (SSSR count). The highest BCUT2D eigenvalue weighted by Crippen LogP contribution is 2.09. The lowest BCUT2D eigenvalue weighted by Gasteiger charge is -2.24. The monoisotopic (exact) mass is 338 g/mol. The first-order valence-corrected chi connectivity index (χ1v) is 7.64. The Morgan fingerprint density at radius 3 is 2.38 bits per heavy atom. The number of methoxy groups -OCH3 is 1. The van der Waals surface area contributed by atoms with Gasteiger partial charge in [0.05, 0.1) is 7.11 Å². The molecular weight excluding hydrogens is 315 g/mol. The quantitative estimate of drug-likeness (QED) is 0.732. The van der Waals surface area contributed by atoms with Crippen LogP contribution in [0.4, 0.5) is 4.39 Å². The summed E-state index contributed by atoms with van der Waals surface area (Å²) in [5.41, 5.74) is 0.548. The number of halogens is 1. The van der Waals surface area contributed by atoms with Crippen LogP contribution in [0.25, 0.3) is 0 Å². The Hall–Kier alpha value is -2.44. The highest BCUT2D eigenvalue weighted by Gasteiger charge is 2.28. The Bertz CT molecular complexity index is 604. The van der Waals surface area contributed by atoms with Gasteiger partial charge in [-0.3, -0.25) is 9.59 Å². The van der Waals surface area contributed by atoms with Gasteiger partial charge in [-0.1, -0.05) is 26.0 Å². The van der Waals surface area contributed by atoms with E-state index in [9.17, 15) is 18.8 Å². The maximum Gasteiger partial charge on any atom is 0.328 e. The van der Waals surface area contributed by atoms with E-state index in [2.05, 4.69) is 10.6 Å². The van der Waals surface area contributed by atoms with Gasteiger partial charge in [-0.15, -0.1) is 0 Å². The number of ether oxygens (including phenoxy) is 1. The largest absolute Gasteiger partial charge is 0.467 e. The molecule has 7 heteroatoms. The molecule has 0 bridgehead atoms. The van der Waals surface area contributed by atoms with E-state index in [0.29, 0.717) is 5.56 Å². The molecule has 0 fully saturated rings. The third kappa shape index (κ3) is 5.98. The summed E-state index contributed by atoms with van der Waals surface area (Å²) in [4.78, 5) is 35.6. The lowest BCUT2D eigenvalue weighted by Crippen LogP contribution is -2.54. The van der Waals surface area contributed by atoms with E-state index in [-0.39, 0.29) is 18.2 Å². The summed E-state index contributed by atoms with van der Waals surface area (Å²) in [7, 11) is 1.21. The summed E-state index contributed by atoms with van der Waals surface area (Å²) in [6, 6.07) is 4.01. The zero-order valence-corrected chi connectivity index (χ0v) is 14.3. The van der Waals surface area contributed by atoms with E-state index >= 15 is 0 Å². The molecule has 0 saturated heterocycles. The number of nitrogens with one attached hydrogen (secondary N) is 2. The number of carbonyl (C=O) groups excluding carboxylic acids is 3. The second-order valence-electron chi connectivity index (χ2n) is 5.84. The SMILES string of the molecule is COC(=O)[C@H](Cc1cccc(F)c1)NC(=O)[C@H](NC(C)=O)C(C)C. The van der Waals surface area contributed by atoms with Gasteiger partial charge in [-0.2, -0.15) is 0 Å². The zero-order valence-electron chi connectivity index (χ0n) is 14.3. The molecule has 2 atom stereocenters. The Morgan fingerprint density at radius 1 is 1.21 bits per heavy atom. The molecule has 0 aromatic heterocycles. The lowest BCUT2D eigenvalue weighted by atomic mass is 10.0. The molecule has 0 aliphatic rings. The van der Waals surface area contributed by atoms with E-state index in [0.717, 1.165) is 0 Å². The van der Waals surface area contributed by atoms with Gasteiger partial charge in [-0.05, 0) is 23.6 Å². The number of rotatable bonds is 7. The van der Waals surface area contributed by atoms with Crippen LogP contribution in [0.2, 0.25) is 0 Å². The summed E-state index contributed by atoms with van der Waals surface area (Å²) in [5.74, 6) is -2.07. The van der Waals surface area contributed by atoms with Crippen molar-refractivity contribution >= 4 is 17.8 Å². The summed E-state index contributed by atoms with van der Waals surface area (Å²) in [6.45, 7) is 4.87. The van der Waals surface area contributed by atoms with Gasteiger partial charge in [0.1, 0.15) is 17.9 Å². The summed E-state index contributed by atoms with van der Waals surface area (Å²) >= 11 is 0. The smallest absolute Gasteiger partial charge is 0.328 e. The van der Waals surface area contributed by atoms with Crippen LogP contribution in [0.3, 0.4) is 0 Å². The molecule has 132 valence electrons. The number of amides is 2. The molecular formula is C17H23FN2O4. The van der Waals surface area contributed by atoms with Crippen molar-refractivity contribution in [3.63, 3.8) is 0 Å². The maximum atomic E-state index is 13.3. The average Bonchev–Trinajstić information content (AvgIpc) is 2.50. The number of benzene rings is 1. The van der Waals surface area contributed by atoms with Gasteiger partial charge in [0.15, 0.2) is 0 Å². The van der Waals surface area contributed by atoms with Crippen LogP contribution in [0.5, 0.6) is 0 Å². The molecule has 2 N–H and O–H groups in total. The number of hydrogen-bond acceptors (Lipinski definition) is 4. The van der Waals surface area contributed by atoms with E-state index in [1.54, 1.807) is 19.9 Å². The first-order chi connectivity index (χ1) is 11.2. The van der Waals surface area contributed by atoms with Crippen LogP contribution >= 0.6 is 0 Å². The first-order valence-electron chi connectivity index (χ1n) is 7.64. The Balaban J connectivity index is 2.90. The molecule has 0 spiro atoms. The van der Waals surface area contributed by atoms with E-state index in [4.69, 9.17) is 4.74 Å². The first kappa shape index (κ1) is 19.6. The zero-order chi connectivity index (χ0) is 18.3. The summed E-state index contributed by atoms with van der Waals surface area (Å²) in [6.07, 6.45) is 0.0844. The molecule has 24 heavy (non-hydrogen) atoms. The van der Waals surface area contributed by atoms with Crippen LogP contribution in [0, 0.1) is 11.7 Å². The van der Waals surface area contributed by atoms with Gasteiger partial charge in [0.25, 0.3) is 0 Å². The third-order valence-electron chi connectivity index (χ3n) is 3.44. The summed E-state index contributed by atoms with van der Waals surface area (Å²) < 4.78 is 18.0. The maximum absolute atomic E-state index is 13.3. The molecule has 0 aliphatic heterocycles. The Kier molecular flexibility index (Phi) is 7.35. The Morgan fingerprint density at radius 2 is 1.88 bits per heavy atom. The normalized spacial score (nSPS) is 13.1. The predicted octanol–water partition coefficient (Wildman–Crippen LogP) is 1.19. The standard InChI is InChI=1S/C17H23FN2O4/c1-10(2)15(19-11(3)21)16(22)20-14(17(23)24-4)9-12-6-5-7-13(18)8-12/h5-8,10,14-15H,9H2,1-4H3,(H,19,21)(H,20,22)/t14-,15+/m0/s1. The molecule has 0 heterocycles. The molecule has 1 aromatic carbocycles. The minimum absolute atomic E-state index is 0.0844. The van der Waals surface area contributed by atoms with Gasteiger partial charge >= 0.3 is 5.97 Å². The fourth-order valence-electron chi connectivity index (χ4n) is 2.25. The number of esters is 1. The number of carbonyl (C=O) groups is 3. The van der Waals surface area contributed by atoms with Gasteiger partial charge < -0.3 is 15.4 Å². The second-order valence-corrected chi connectivity index (χ2v) is 5.84. The van der Waals surface area contributed by atoms with Crippen molar-refractivity contribution in [3.05, 3.63) is 35.6 Å². The van der Waals surface area contributed by atoms with Gasteiger partial charge in [-0.25, -0.2) is 9.18 Å². The Labute approximate surface area is 140 Å². The molecule has 0 radical (unpaired) electrons.